The van der Waals surface area contributed by atoms with Crippen molar-refractivity contribution in [2.45, 2.75) is 17.4 Å². The summed E-state index contributed by atoms with van der Waals surface area (Å²) in [7, 11) is -1.55. The van der Waals surface area contributed by atoms with Gasteiger partial charge in [-0.3, -0.25) is 0 Å². The lowest BCUT2D eigenvalue weighted by molar-refractivity contribution is 0.464. The summed E-state index contributed by atoms with van der Waals surface area (Å²) in [6.45, 7) is 1.08. The largest absolute Gasteiger partial charge is 0.316 e. The molecule has 1 N–H and O–H groups in total. The number of hydrogen-bond acceptors (Lipinski definition) is 3. The van der Waals surface area contributed by atoms with Crippen LogP contribution in [0.15, 0.2) is 29.2 Å². The van der Waals surface area contributed by atoms with Crippen LogP contribution >= 0.6 is 11.6 Å². The number of nitrogens with one attached hydrogen (secondary N) is 1. The third-order valence-electron chi connectivity index (χ3n) is 2.99. The Bertz CT molecular complexity index is 504. The Labute approximate surface area is 107 Å². The molecule has 0 saturated carbocycles. The van der Waals surface area contributed by atoms with Crippen molar-refractivity contribution in [3.63, 3.8) is 0 Å². The smallest absolute Gasteiger partial charge is 0.243 e. The van der Waals surface area contributed by atoms with Crippen molar-refractivity contribution in [3.8, 4) is 0 Å². The zero-order chi connectivity index (χ0) is 12.5. The highest BCUT2D eigenvalue weighted by molar-refractivity contribution is 7.89. The van der Waals surface area contributed by atoms with E-state index in [4.69, 9.17) is 11.6 Å². The third kappa shape index (κ3) is 2.63. The van der Waals surface area contributed by atoms with Crippen molar-refractivity contribution in [2.75, 3.05) is 20.1 Å². The van der Waals surface area contributed by atoms with Crippen LogP contribution in [0.5, 0.6) is 0 Å². The third-order valence-corrected chi connectivity index (χ3v) is 5.09. The first-order chi connectivity index (χ1) is 8.04. The molecule has 4 nitrogen and oxygen atoms in total. The van der Waals surface area contributed by atoms with Gasteiger partial charge in [-0.15, -0.1) is 0 Å². The van der Waals surface area contributed by atoms with Gasteiger partial charge in [-0.2, -0.15) is 4.31 Å². The molecule has 1 atom stereocenters. The zero-order valence-corrected chi connectivity index (χ0v) is 11.1. The Balaban J connectivity index is 2.25. The van der Waals surface area contributed by atoms with Gasteiger partial charge in [0.15, 0.2) is 0 Å². The molecule has 1 aliphatic heterocycles. The summed E-state index contributed by atoms with van der Waals surface area (Å²) in [5, 5.41) is 3.54. The lowest BCUT2D eigenvalue weighted by Crippen LogP contribution is -2.33. The second-order valence-electron chi connectivity index (χ2n) is 4.09. The van der Waals surface area contributed by atoms with E-state index in [1.54, 1.807) is 18.2 Å². The molecule has 1 unspecified atom stereocenters. The van der Waals surface area contributed by atoms with E-state index in [1.165, 1.54) is 10.4 Å². The van der Waals surface area contributed by atoms with Crippen LogP contribution < -0.4 is 5.32 Å². The summed E-state index contributed by atoms with van der Waals surface area (Å²) < 4.78 is 26.1. The Morgan fingerprint density at radius 1 is 1.47 bits per heavy atom. The van der Waals surface area contributed by atoms with Crippen molar-refractivity contribution in [1.82, 2.24) is 9.62 Å². The van der Waals surface area contributed by atoms with Crippen LogP contribution in [-0.2, 0) is 10.0 Å². The molecule has 2 rings (SSSR count). The van der Waals surface area contributed by atoms with Crippen LogP contribution in [-0.4, -0.2) is 38.9 Å². The molecular formula is C11H15ClN2O2S. The maximum atomic E-state index is 12.3. The van der Waals surface area contributed by atoms with Gasteiger partial charge in [0.05, 0.1) is 4.90 Å². The first-order valence-electron chi connectivity index (χ1n) is 5.47. The molecular weight excluding hydrogens is 260 g/mol. The van der Waals surface area contributed by atoms with Gasteiger partial charge in [0.1, 0.15) is 0 Å². The minimum absolute atomic E-state index is 0.240. The number of nitrogens with zero attached hydrogens (tertiary/aromatic N) is 1. The molecule has 94 valence electrons. The molecule has 0 aromatic heterocycles. The molecule has 6 heteroatoms. The number of hydrogen-bond donors (Lipinski definition) is 1. The molecule has 1 saturated heterocycles. The number of benzene rings is 1. The van der Waals surface area contributed by atoms with Crippen LogP contribution in [0.3, 0.4) is 0 Å². The lowest BCUT2D eigenvalue weighted by Gasteiger charge is -2.16. The van der Waals surface area contributed by atoms with Gasteiger partial charge in [0.25, 0.3) is 0 Å². The van der Waals surface area contributed by atoms with Crippen molar-refractivity contribution < 1.29 is 8.42 Å². The van der Waals surface area contributed by atoms with Crippen LogP contribution in [0.25, 0.3) is 0 Å². The predicted molar refractivity (Wildman–Crippen MR) is 67.7 cm³/mol. The minimum atomic E-state index is -3.40. The molecule has 0 radical (unpaired) electrons. The Hall–Kier alpha value is -0.620. The van der Waals surface area contributed by atoms with E-state index in [0.29, 0.717) is 18.1 Å². The highest BCUT2D eigenvalue weighted by Crippen LogP contribution is 2.23. The SMILES string of the molecule is CNC1CCN(S(=O)(=O)c2cccc(Cl)c2)C1. The van der Waals surface area contributed by atoms with Crippen molar-refractivity contribution in [2.24, 2.45) is 0 Å². The topological polar surface area (TPSA) is 49.4 Å². The first kappa shape index (κ1) is 12.8. The van der Waals surface area contributed by atoms with Crippen molar-refractivity contribution in [1.29, 1.82) is 0 Å². The molecule has 1 aliphatic rings. The monoisotopic (exact) mass is 274 g/mol. The fraction of sp³-hybridized carbons (Fsp3) is 0.455. The Morgan fingerprint density at radius 3 is 2.82 bits per heavy atom. The van der Waals surface area contributed by atoms with Gasteiger partial charge < -0.3 is 5.32 Å². The van der Waals surface area contributed by atoms with Crippen LogP contribution in [0.1, 0.15) is 6.42 Å². The normalized spacial score (nSPS) is 21.9. The van der Waals surface area contributed by atoms with Gasteiger partial charge in [-0.1, -0.05) is 17.7 Å². The maximum absolute atomic E-state index is 12.3. The number of rotatable bonds is 3. The summed E-state index contributed by atoms with van der Waals surface area (Å²) in [5.74, 6) is 0. The van der Waals surface area contributed by atoms with Crippen LogP contribution in [0, 0.1) is 0 Å². The Kier molecular flexibility index (Phi) is 3.73. The molecule has 1 aromatic carbocycles. The van der Waals surface area contributed by atoms with E-state index in [-0.39, 0.29) is 10.9 Å². The second-order valence-corrected chi connectivity index (χ2v) is 6.47. The number of halogens is 1. The standard InChI is InChI=1S/C11H15ClN2O2S/c1-13-10-5-6-14(8-10)17(15,16)11-4-2-3-9(12)7-11/h2-4,7,10,13H,5-6,8H2,1H3. The van der Waals surface area contributed by atoms with Gasteiger partial charge in [0.2, 0.25) is 10.0 Å². The molecule has 1 heterocycles. The van der Waals surface area contributed by atoms with Crippen molar-refractivity contribution >= 4 is 21.6 Å². The van der Waals surface area contributed by atoms with E-state index in [0.717, 1.165) is 6.42 Å². The van der Waals surface area contributed by atoms with Crippen LogP contribution in [0.4, 0.5) is 0 Å². The van der Waals surface area contributed by atoms with Gasteiger partial charge >= 0.3 is 0 Å². The maximum Gasteiger partial charge on any atom is 0.243 e. The molecule has 0 amide bonds. The lowest BCUT2D eigenvalue weighted by atomic mass is 10.3. The van der Waals surface area contributed by atoms with E-state index in [9.17, 15) is 8.42 Å². The summed E-state index contributed by atoms with van der Waals surface area (Å²) in [4.78, 5) is 0.266. The fourth-order valence-electron chi connectivity index (χ4n) is 1.96. The number of likely N-dealkylation sites (N-methyl/N-ethyl adjacent to an activating group) is 1. The van der Waals surface area contributed by atoms with Gasteiger partial charge in [0, 0.05) is 24.2 Å². The summed E-state index contributed by atoms with van der Waals surface area (Å²) >= 11 is 5.82. The zero-order valence-electron chi connectivity index (χ0n) is 9.56. The molecule has 0 bridgehead atoms. The fourth-order valence-corrected chi connectivity index (χ4v) is 3.76. The summed E-state index contributed by atoms with van der Waals surface area (Å²) in [5.41, 5.74) is 0. The quantitative estimate of drug-likeness (QED) is 0.905. The number of sulfonamides is 1. The predicted octanol–water partition coefficient (Wildman–Crippen LogP) is 1.32. The van der Waals surface area contributed by atoms with E-state index >= 15 is 0 Å². The van der Waals surface area contributed by atoms with Gasteiger partial charge in [-0.25, -0.2) is 8.42 Å². The molecule has 1 aromatic rings. The van der Waals surface area contributed by atoms with E-state index < -0.39 is 10.0 Å². The van der Waals surface area contributed by atoms with E-state index in [1.807, 2.05) is 7.05 Å². The average Bonchev–Trinajstić information content (AvgIpc) is 2.78. The second kappa shape index (κ2) is 4.94. The van der Waals surface area contributed by atoms with Crippen LogP contribution in [0.2, 0.25) is 5.02 Å². The van der Waals surface area contributed by atoms with Crippen molar-refractivity contribution in [3.05, 3.63) is 29.3 Å². The van der Waals surface area contributed by atoms with Gasteiger partial charge in [-0.05, 0) is 31.7 Å². The Morgan fingerprint density at radius 2 is 2.24 bits per heavy atom. The molecule has 0 aliphatic carbocycles. The molecule has 1 fully saturated rings. The highest BCUT2D eigenvalue weighted by Gasteiger charge is 2.31. The molecule has 0 spiro atoms. The summed E-state index contributed by atoms with van der Waals surface area (Å²) in [6, 6.07) is 6.63. The average molecular weight is 275 g/mol. The first-order valence-corrected chi connectivity index (χ1v) is 7.29. The van der Waals surface area contributed by atoms with E-state index in [2.05, 4.69) is 5.32 Å². The summed E-state index contributed by atoms with van der Waals surface area (Å²) in [6.07, 6.45) is 0.844. The highest BCUT2D eigenvalue weighted by atomic mass is 35.5. The molecule has 17 heavy (non-hydrogen) atoms. The minimum Gasteiger partial charge on any atom is -0.316 e.